The maximum absolute atomic E-state index is 10.9. The van der Waals surface area contributed by atoms with Gasteiger partial charge in [-0.2, -0.15) is 0 Å². The molecule has 104 valence electrons. The highest BCUT2D eigenvalue weighted by Crippen LogP contribution is 2.25. The third-order valence-corrected chi connectivity index (χ3v) is 3.36. The van der Waals surface area contributed by atoms with Gasteiger partial charge in [0.2, 0.25) is 0 Å². The number of carboxylic acids is 1. The van der Waals surface area contributed by atoms with E-state index in [0.717, 1.165) is 27.8 Å². The van der Waals surface area contributed by atoms with E-state index in [1.54, 1.807) is 37.6 Å². The Bertz CT molecular complexity index is 810. The number of rotatable bonds is 3. The van der Waals surface area contributed by atoms with Gasteiger partial charge in [-0.25, -0.2) is 4.79 Å². The molecule has 0 fully saturated rings. The minimum atomic E-state index is -0.930. The SMILES string of the molecule is COc1ccc2cc(-c3ccc(C(=O)O)cc3)ncc2c1. The number of benzene rings is 2. The van der Waals surface area contributed by atoms with Crippen molar-refractivity contribution in [1.82, 2.24) is 4.98 Å². The molecule has 21 heavy (non-hydrogen) atoms. The quantitative estimate of drug-likeness (QED) is 0.795. The lowest BCUT2D eigenvalue weighted by molar-refractivity contribution is 0.0697. The van der Waals surface area contributed by atoms with Crippen molar-refractivity contribution in [3.8, 4) is 17.0 Å². The molecule has 0 aliphatic carbocycles. The number of ether oxygens (including phenoxy) is 1. The van der Waals surface area contributed by atoms with E-state index in [1.807, 2.05) is 24.3 Å². The van der Waals surface area contributed by atoms with E-state index >= 15 is 0 Å². The molecule has 0 radical (unpaired) electrons. The number of fused-ring (bicyclic) bond motifs is 1. The fourth-order valence-corrected chi connectivity index (χ4v) is 2.19. The third kappa shape index (κ3) is 2.56. The zero-order valence-electron chi connectivity index (χ0n) is 11.4. The molecule has 0 unspecified atom stereocenters. The predicted molar refractivity (Wildman–Crippen MR) is 80.7 cm³/mol. The van der Waals surface area contributed by atoms with Crippen LogP contribution < -0.4 is 4.74 Å². The number of pyridine rings is 1. The van der Waals surface area contributed by atoms with Crippen molar-refractivity contribution >= 4 is 16.7 Å². The summed E-state index contributed by atoms with van der Waals surface area (Å²) in [5, 5.41) is 11.0. The molecular weight excluding hydrogens is 266 g/mol. The Hall–Kier alpha value is -2.88. The van der Waals surface area contributed by atoms with Crippen molar-refractivity contribution in [3.63, 3.8) is 0 Å². The first-order valence-corrected chi connectivity index (χ1v) is 6.45. The molecule has 1 heterocycles. The molecule has 3 rings (SSSR count). The van der Waals surface area contributed by atoms with Crippen molar-refractivity contribution in [2.75, 3.05) is 7.11 Å². The molecule has 0 atom stereocenters. The van der Waals surface area contributed by atoms with Crippen molar-refractivity contribution in [2.45, 2.75) is 0 Å². The summed E-state index contributed by atoms with van der Waals surface area (Å²) in [6.45, 7) is 0. The molecule has 0 saturated heterocycles. The first-order valence-electron chi connectivity index (χ1n) is 6.45. The monoisotopic (exact) mass is 279 g/mol. The number of methoxy groups -OCH3 is 1. The van der Waals surface area contributed by atoms with Crippen molar-refractivity contribution in [3.05, 3.63) is 60.3 Å². The van der Waals surface area contributed by atoms with Crippen molar-refractivity contribution < 1.29 is 14.6 Å². The smallest absolute Gasteiger partial charge is 0.335 e. The molecule has 4 nitrogen and oxygen atoms in total. The number of hydrogen-bond acceptors (Lipinski definition) is 3. The van der Waals surface area contributed by atoms with Crippen LogP contribution in [0.3, 0.4) is 0 Å². The van der Waals surface area contributed by atoms with Gasteiger partial charge in [0.25, 0.3) is 0 Å². The average Bonchev–Trinajstić information content (AvgIpc) is 2.54. The zero-order valence-corrected chi connectivity index (χ0v) is 11.4. The van der Waals surface area contributed by atoms with Gasteiger partial charge < -0.3 is 9.84 Å². The standard InChI is InChI=1S/C17H13NO3/c1-21-15-7-6-13-9-16(18-10-14(13)8-15)11-2-4-12(5-3-11)17(19)20/h2-10H,1H3,(H,19,20). The van der Waals surface area contributed by atoms with Gasteiger partial charge in [0.1, 0.15) is 5.75 Å². The van der Waals surface area contributed by atoms with Gasteiger partial charge in [0.15, 0.2) is 0 Å². The summed E-state index contributed by atoms with van der Waals surface area (Å²) < 4.78 is 5.19. The Morgan fingerprint density at radius 2 is 1.81 bits per heavy atom. The van der Waals surface area contributed by atoms with Crippen LogP contribution in [0.4, 0.5) is 0 Å². The molecule has 0 saturated carbocycles. The molecule has 1 N–H and O–H groups in total. The van der Waals surface area contributed by atoms with Gasteiger partial charge in [-0.15, -0.1) is 0 Å². The van der Waals surface area contributed by atoms with Gasteiger partial charge in [-0.1, -0.05) is 18.2 Å². The van der Waals surface area contributed by atoms with Crippen LogP contribution in [0.15, 0.2) is 54.7 Å². The van der Waals surface area contributed by atoms with Crippen LogP contribution in [0.5, 0.6) is 5.75 Å². The van der Waals surface area contributed by atoms with Crippen LogP contribution in [0, 0.1) is 0 Å². The number of hydrogen-bond donors (Lipinski definition) is 1. The Labute approximate surface area is 121 Å². The normalized spacial score (nSPS) is 10.5. The summed E-state index contributed by atoms with van der Waals surface area (Å²) in [6, 6.07) is 14.5. The fourth-order valence-electron chi connectivity index (χ4n) is 2.19. The van der Waals surface area contributed by atoms with Gasteiger partial charge in [0.05, 0.1) is 18.4 Å². The number of carboxylic acid groups (broad SMARTS) is 1. The largest absolute Gasteiger partial charge is 0.497 e. The van der Waals surface area contributed by atoms with E-state index < -0.39 is 5.97 Å². The average molecular weight is 279 g/mol. The van der Waals surface area contributed by atoms with Crippen LogP contribution in [-0.2, 0) is 0 Å². The molecule has 3 aromatic rings. The highest BCUT2D eigenvalue weighted by atomic mass is 16.5. The van der Waals surface area contributed by atoms with E-state index in [0.29, 0.717) is 0 Å². The first kappa shape index (κ1) is 13.1. The topological polar surface area (TPSA) is 59.4 Å². The second-order valence-corrected chi connectivity index (χ2v) is 4.67. The molecule has 0 aliphatic heterocycles. The van der Waals surface area contributed by atoms with Crippen LogP contribution in [0.25, 0.3) is 22.0 Å². The first-order chi connectivity index (χ1) is 10.2. The minimum Gasteiger partial charge on any atom is -0.497 e. The number of carbonyl (C=O) groups is 1. The summed E-state index contributed by atoms with van der Waals surface area (Å²) >= 11 is 0. The second-order valence-electron chi connectivity index (χ2n) is 4.67. The number of aromatic nitrogens is 1. The molecule has 0 amide bonds. The molecular formula is C17H13NO3. The Morgan fingerprint density at radius 3 is 2.48 bits per heavy atom. The summed E-state index contributed by atoms with van der Waals surface area (Å²) in [7, 11) is 1.63. The van der Waals surface area contributed by atoms with E-state index in [4.69, 9.17) is 9.84 Å². The summed E-state index contributed by atoms with van der Waals surface area (Å²) in [5.41, 5.74) is 1.96. The Morgan fingerprint density at radius 1 is 1.05 bits per heavy atom. The zero-order chi connectivity index (χ0) is 14.8. The van der Waals surface area contributed by atoms with Crippen LogP contribution >= 0.6 is 0 Å². The fraction of sp³-hybridized carbons (Fsp3) is 0.0588. The Balaban J connectivity index is 2.02. The Kier molecular flexibility index (Phi) is 3.28. The van der Waals surface area contributed by atoms with Gasteiger partial charge in [-0.05, 0) is 35.7 Å². The van der Waals surface area contributed by atoms with Crippen LogP contribution in [-0.4, -0.2) is 23.2 Å². The molecule has 0 spiro atoms. The summed E-state index contributed by atoms with van der Waals surface area (Å²) in [4.78, 5) is 15.3. The van der Waals surface area contributed by atoms with Gasteiger partial charge >= 0.3 is 5.97 Å². The second kappa shape index (κ2) is 5.25. The van der Waals surface area contributed by atoms with Crippen molar-refractivity contribution in [2.24, 2.45) is 0 Å². The molecule has 2 aromatic carbocycles. The van der Waals surface area contributed by atoms with E-state index in [9.17, 15) is 4.79 Å². The van der Waals surface area contributed by atoms with Crippen molar-refractivity contribution in [1.29, 1.82) is 0 Å². The molecule has 4 heteroatoms. The summed E-state index contributed by atoms with van der Waals surface area (Å²) in [6.07, 6.45) is 1.79. The number of aromatic carboxylic acids is 1. The molecule has 0 bridgehead atoms. The van der Waals surface area contributed by atoms with E-state index in [1.165, 1.54) is 0 Å². The lowest BCUT2D eigenvalue weighted by Gasteiger charge is -2.05. The molecule has 1 aromatic heterocycles. The highest BCUT2D eigenvalue weighted by molar-refractivity contribution is 5.89. The highest BCUT2D eigenvalue weighted by Gasteiger charge is 2.05. The lowest BCUT2D eigenvalue weighted by atomic mass is 10.1. The minimum absolute atomic E-state index is 0.268. The van der Waals surface area contributed by atoms with E-state index in [2.05, 4.69) is 4.98 Å². The van der Waals surface area contributed by atoms with Crippen LogP contribution in [0.1, 0.15) is 10.4 Å². The molecule has 0 aliphatic rings. The van der Waals surface area contributed by atoms with E-state index in [-0.39, 0.29) is 5.56 Å². The predicted octanol–water partition coefficient (Wildman–Crippen LogP) is 3.61. The maximum atomic E-state index is 10.9. The van der Waals surface area contributed by atoms with Crippen LogP contribution in [0.2, 0.25) is 0 Å². The van der Waals surface area contributed by atoms with Gasteiger partial charge in [0, 0.05) is 17.1 Å². The maximum Gasteiger partial charge on any atom is 0.335 e. The van der Waals surface area contributed by atoms with Gasteiger partial charge in [-0.3, -0.25) is 4.98 Å². The number of nitrogens with zero attached hydrogens (tertiary/aromatic N) is 1. The lowest BCUT2D eigenvalue weighted by Crippen LogP contribution is -1.95. The summed E-state index contributed by atoms with van der Waals surface area (Å²) in [5.74, 6) is -0.136. The third-order valence-electron chi connectivity index (χ3n) is 3.36.